The summed E-state index contributed by atoms with van der Waals surface area (Å²) in [4.78, 5) is 5.93. The number of hydrogen-bond donors (Lipinski definition) is 1. The Morgan fingerprint density at radius 3 is 2.65 bits per heavy atom. The van der Waals surface area contributed by atoms with Crippen molar-refractivity contribution in [2.24, 2.45) is 5.73 Å². The van der Waals surface area contributed by atoms with E-state index in [4.69, 9.17) is 33.5 Å². The molecule has 2 aromatic carbocycles. The minimum Gasteiger partial charge on any atom is -0.496 e. The Hall–Kier alpha value is -2.03. The van der Waals surface area contributed by atoms with Gasteiger partial charge in [-0.2, -0.15) is 0 Å². The highest BCUT2D eigenvalue weighted by molar-refractivity contribution is 7.12. The van der Waals surface area contributed by atoms with Crippen LogP contribution < -0.4 is 10.5 Å². The van der Waals surface area contributed by atoms with Gasteiger partial charge >= 0.3 is 0 Å². The number of halogens is 2. The summed E-state index contributed by atoms with van der Waals surface area (Å²) in [5.41, 5.74) is 11.1. The normalized spacial score (nSPS) is 15.0. The van der Waals surface area contributed by atoms with Crippen LogP contribution in [0, 0.1) is 26.2 Å². The average Bonchev–Trinajstić information content (AvgIpc) is 3.51. The molecule has 1 aliphatic rings. The molecule has 0 spiro atoms. The molecule has 0 saturated heterocycles. The molecule has 0 aliphatic heterocycles. The first kappa shape index (κ1) is 23.6. The molecule has 4 rings (SSSR count). The van der Waals surface area contributed by atoms with Crippen LogP contribution in [0.2, 0.25) is 5.02 Å². The second-order valence-electron chi connectivity index (χ2n) is 7.99. The highest BCUT2D eigenvalue weighted by Gasteiger charge is 2.33. The van der Waals surface area contributed by atoms with Crippen LogP contribution in [0.4, 0.5) is 0 Å². The number of methoxy groups -OCH3 is 1. The minimum absolute atomic E-state index is 0. The van der Waals surface area contributed by atoms with Crippen molar-refractivity contribution in [1.29, 1.82) is 0 Å². The number of rotatable bonds is 6. The van der Waals surface area contributed by atoms with Crippen LogP contribution >= 0.6 is 35.3 Å². The van der Waals surface area contributed by atoms with Gasteiger partial charge in [-0.15, -0.1) is 30.2 Å². The zero-order valence-corrected chi connectivity index (χ0v) is 20.3. The number of aryl methyl sites for hydroxylation is 2. The molecule has 6 heteroatoms. The quantitative estimate of drug-likeness (QED) is 0.421. The fraction of sp³-hybridized carbons (Fsp3) is 0.320. The second kappa shape index (κ2) is 9.22. The van der Waals surface area contributed by atoms with E-state index in [1.54, 1.807) is 18.4 Å². The third-order valence-corrected chi connectivity index (χ3v) is 7.18. The highest BCUT2D eigenvalue weighted by Crippen LogP contribution is 2.43. The molecule has 0 radical (unpaired) electrons. The molecule has 0 bridgehead atoms. The molecule has 0 amide bonds. The third-order valence-electron chi connectivity index (χ3n) is 5.72. The van der Waals surface area contributed by atoms with Crippen LogP contribution in [0.25, 0.3) is 11.3 Å². The summed E-state index contributed by atoms with van der Waals surface area (Å²) < 4.78 is 5.38. The van der Waals surface area contributed by atoms with Crippen LogP contribution in [-0.2, 0) is 12.0 Å². The monoisotopic (exact) mass is 472 g/mol. The van der Waals surface area contributed by atoms with E-state index in [-0.39, 0.29) is 12.4 Å². The summed E-state index contributed by atoms with van der Waals surface area (Å²) in [5, 5.41) is 1.34. The van der Waals surface area contributed by atoms with Crippen molar-refractivity contribution in [3.05, 3.63) is 68.0 Å². The molecule has 1 unspecified atom stereocenters. The third kappa shape index (κ3) is 4.61. The molecule has 1 aromatic heterocycles. The van der Waals surface area contributed by atoms with E-state index < -0.39 is 5.54 Å². The Labute approximate surface area is 199 Å². The maximum atomic E-state index is 6.77. The fourth-order valence-corrected chi connectivity index (χ4v) is 5.11. The lowest BCUT2D eigenvalue weighted by molar-refractivity contribution is 0.412. The Balaban J connectivity index is 0.00000272. The number of aromatic nitrogens is 1. The van der Waals surface area contributed by atoms with Gasteiger partial charge in [0.05, 0.1) is 17.8 Å². The molecule has 1 saturated carbocycles. The Bertz CT molecular complexity index is 1150. The minimum atomic E-state index is -0.966. The van der Waals surface area contributed by atoms with Gasteiger partial charge in [0.15, 0.2) is 0 Å². The summed E-state index contributed by atoms with van der Waals surface area (Å²) in [7, 11) is 1.64. The van der Waals surface area contributed by atoms with Crippen LogP contribution in [0.15, 0.2) is 36.4 Å². The first-order valence-corrected chi connectivity index (χ1v) is 11.2. The topological polar surface area (TPSA) is 48.1 Å². The Kier molecular flexibility index (Phi) is 7.03. The van der Waals surface area contributed by atoms with Crippen molar-refractivity contribution in [2.75, 3.05) is 7.11 Å². The number of nitrogens with zero attached hydrogens (tertiary/aromatic N) is 1. The lowest BCUT2D eigenvalue weighted by Gasteiger charge is -2.22. The standard InChI is InChI=1S/C25H25ClN2OS.ClH/c1-5-25(27,14-18-8-6-7-9-19(18)17-10-11-17)24-28-23(16(3)30-24)20-12-15(2)22(29-4)13-21(20)26;/h1,6-9,12-13,17H,10-11,14,27H2,2-4H3;1H. The Morgan fingerprint density at radius 1 is 1.29 bits per heavy atom. The summed E-state index contributed by atoms with van der Waals surface area (Å²) >= 11 is 8.10. The molecule has 1 atom stereocenters. The molecule has 3 aromatic rings. The van der Waals surface area contributed by atoms with Crippen molar-refractivity contribution in [1.82, 2.24) is 4.98 Å². The van der Waals surface area contributed by atoms with Gasteiger partial charge in [-0.3, -0.25) is 0 Å². The molecule has 1 heterocycles. The van der Waals surface area contributed by atoms with Crippen molar-refractivity contribution in [2.45, 2.75) is 44.6 Å². The predicted octanol–water partition coefficient (Wildman–Crippen LogP) is 6.42. The van der Waals surface area contributed by atoms with Crippen molar-refractivity contribution in [3.63, 3.8) is 0 Å². The van der Waals surface area contributed by atoms with Crippen LogP contribution in [0.5, 0.6) is 5.75 Å². The highest BCUT2D eigenvalue weighted by atomic mass is 35.5. The van der Waals surface area contributed by atoms with Gasteiger partial charge in [-0.05, 0) is 61.4 Å². The molecular formula is C25H26Cl2N2OS. The number of hydrogen-bond acceptors (Lipinski definition) is 4. The van der Waals surface area contributed by atoms with Crippen molar-refractivity contribution < 1.29 is 4.74 Å². The number of terminal acetylenes is 1. The Morgan fingerprint density at radius 2 is 2.00 bits per heavy atom. The molecule has 2 N–H and O–H groups in total. The maximum Gasteiger partial charge on any atom is 0.134 e. The molecule has 1 aliphatic carbocycles. The largest absolute Gasteiger partial charge is 0.496 e. The molecule has 1 fully saturated rings. The van der Waals surface area contributed by atoms with E-state index in [2.05, 4.69) is 30.2 Å². The molecule has 162 valence electrons. The number of nitrogens with two attached hydrogens (primary N) is 1. The van der Waals surface area contributed by atoms with Gasteiger partial charge in [0.1, 0.15) is 16.3 Å². The van der Waals surface area contributed by atoms with Crippen LogP contribution in [-0.4, -0.2) is 12.1 Å². The van der Waals surface area contributed by atoms with E-state index in [0.717, 1.165) is 32.5 Å². The van der Waals surface area contributed by atoms with Crippen LogP contribution in [0.1, 0.15) is 45.3 Å². The first-order valence-electron chi connectivity index (χ1n) is 10.0. The zero-order valence-electron chi connectivity index (χ0n) is 17.9. The van der Waals surface area contributed by atoms with E-state index in [9.17, 15) is 0 Å². The van der Waals surface area contributed by atoms with Gasteiger partial charge in [-0.1, -0.05) is 41.8 Å². The second-order valence-corrected chi connectivity index (χ2v) is 9.60. The van der Waals surface area contributed by atoms with Crippen LogP contribution in [0.3, 0.4) is 0 Å². The summed E-state index contributed by atoms with van der Waals surface area (Å²) in [5.74, 6) is 4.23. The van der Waals surface area contributed by atoms with Gasteiger partial charge in [0.25, 0.3) is 0 Å². The fourth-order valence-electron chi connectivity index (χ4n) is 3.88. The SMILES string of the molecule is C#CC(N)(Cc1ccccc1C1CC1)c1nc(-c2cc(C)c(OC)cc2Cl)c(C)s1.Cl. The van der Waals surface area contributed by atoms with E-state index >= 15 is 0 Å². The lowest BCUT2D eigenvalue weighted by atomic mass is 9.89. The van der Waals surface area contributed by atoms with E-state index in [1.807, 2.05) is 26.0 Å². The summed E-state index contributed by atoms with van der Waals surface area (Å²) in [6, 6.07) is 12.3. The number of thiazole rings is 1. The summed E-state index contributed by atoms with van der Waals surface area (Å²) in [6.07, 6.45) is 9.01. The van der Waals surface area contributed by atoms with Gasteiger partial charge in [0.2, 0.25) is 0 Å². The zero-order chi connectivity index (χ0) is 21.5. The summed E-state index contributed by atoms with van der Waals surface area (Å²) in [6.45, 7) is 4.02. The lowest BCUT2D eigenvalue weighted by Crippen LogP contribution is -2.37. The number of benzene rings is 2. The van der Waals surface area contributed by atoms with E-state index in [0.29, 0.717) is 17.4 Å². The van der Waals surface area contributed by atoms with Gasteiger partial charge < -0.3 is 10.5 Å². The van der Waals surface area contributed by atoms with E-state index in [1.165, 1.54) is 24.0 Å². The molecule has 3 nitrogen and oxygen atoms in total. The first-order chi connectivity index (χ1) is 14.4. The molecule has 31 heavy (non-hydrogen) atoms. The molecular weight excluding hydrogens is 447 g/mol. The van der Waals surface area contributed by atoms with Gasteiger partial charge in [-0.25, -0.2) is 4.98 Å². The maximum absolute atomic E-state index is 6.77. The average molecular weight is 473 g/mol. The van der Waals surface area contributed by atoms with Crippen molar-refractivity contribution in [3.8, 4) is 29.4 Å². The van der Waals surface area contributed by atoms with Gasteiger partial charge in [0, 0.05) is 16.9 Å². The number of ether oxygens (including phenoxy) is 1. The smallest absolute Gasteiger partial charge is 0.134 e. The predicted molar refractivity (Wildman–Crippen MR) is 133 cm³/mol. The van der Waals surface area contributed by atoms with Crippen molar-refractivity contribution >= 4 is 35.3 Å².